The van der Waals surface area contributed by atoms with Crippen molar-refractivity contribution in [1.29, 1.82) is 0 Å². The number of phenols is 1. The first-order valence-electron chi connectivity index (χ1n) is 11.9. The third kappa shape index (κ3) is 7.92. The van der Waals surface area contributed by atoms with E-state index < -0.39 is 36.1 Å². The molecule has 0 amide bonds. The molecule has 0 saturated heterocycles. The number of aliphatic hydroxyl groups is 1. The molecule has 37 heavy (non-hydrogen) atoms. The van der Waals surface area contributed by atoms with Gasteiger partial charge in [-0.1, -0.05) is 26.8 Å². The van der Waals surface area contributed by atoms with Crippen molar-refractivity contribution in [2.45, 2.75) is 78.6 Å². The highest BCUT2D eigenvalue weighted by Gasteiger charge is 2.49. The second-order valence-corrected chi connectivity index (χ2v) is 9.16. The van der Waals surface area contributed by atoms with Crippen LogP contribution >= 0.6 is 0 Å². The highest BCUT2D eigenvalue weighted by atomic mass is 17.0. The summed E-state index contributed by atoms with van der Waals surface area (Å²) < 4.78 is 20.1. The van der Waals surface area contributed by atoms with Crippen LogP contribution in [0.4, 0.5) is 0 Å². The molecular formula is C25H34N2O10. The number of rotatable bonds is 11. The number of β-amino-alcohol motifs (C(OH)–C–C–N with tert-alkyl or cyclic N) is 1. The minimum absolute atomic E-state index is 0.117. The van der Waals surface area contributed by atoms with Crippen LogP contribution in [0.5, 0.6) is 5.75 Å². The first-order valence-corrected chi connectivity index (χ1v) is 11.9. The molecule has 204 valence electrons. The molecule has 12 nitrogen and oxygen atoms in total. The van der Waals surface area contributed by atoms with E-state index in [9.17, 15) is 29.4 Å². The van der Waals surface area contributed by atoms with Gasteiger partial charge in [-0.2, -0.15) is 0 Å². The van der Waals surface area contributed by atoms with Gasteiger partial charge in [0.05, 0.1) is 11.6 Å². The largest absolute Gasteiger partial charge is 0.620 e. The van der Waals surface area contributed by atoms with Crippen molar-refractivity contribution in [2.75, 3.05) is 6.54 Å². The Labute approximate surface area is 214 Å². The number of aliphatic hydroxyl groups excluding tert-OH is 1. The van der Waals surface area contributed by atoms with Crippen molar-refractivity contribution in [1.82, 2.24) is 10.3 Å². The number of benzene rings is 1. The minimum Gasteiger partial charge on any atom is -0.506 e. The summed E-state index contributed by atoms with van der Waals surface area (Å²) in [5.74, 6) is -4.39. The fourth-order valence-electron chi connectivity index (χ4n) is 3.07. The summed E-state index contributed by atoms with van der Waals surface area (Å²) in [7, 11) is 0. The van der Waals surface area contributed by atoms with E-state index >= 15 is 0 Å². The molecule has 1 aromatic carbocycles. The number of ether oxygens (including phenoxy) is 4. The lowest BCUT2D eigenvalue weighted by Crippen LogP contribution is -2.48. The fraction of sp³-hybridized carbons (Fsp3) is 0.520. The number of hydrogen-bond donors (Lipinski definition) is 4. The van der Waals surface area contributed by atoms with E-state index in [1.165, 1.54) is 39.0 Å². The molecule has 1 unspecified atom stereocenters. The van der Waals surface area contributed by atoms with Crippen LogP contribution in [-0.2, 0) is 33.3 Å². The van der Waals surface area contributed by atoms with Crippen LogP contribution in [0.1, 0.15) is 83.0 Å². The zero-order chi connectivity index (χ0) is 28.0. The van der Waals surface area contributed by atoms with Crippen LogP contribution in [0.25, 0.3) is 10.9 Å². The molecule has 0 aliphatic heterocycles. The third-order valence-electron chi connectivity index (χ3n) is 5.01. The van der Waals surface area contributed by atoms with Gasteiger partial charge in [0.25, 0.3) is 0 Å². The molecule has 0 spiro atoms. The standard InChI is InChI=1S/C25H34N2O10/c1-7-19(30)34-25(35-20(31)8-2,36-21(32)9-3)37-23(33)16-12-15-14(10-11-17(28)22(15)27-16)18(29)13-26-24(4,5)6/h10-12,18,26-29H,7-9,13H2,1-6H3. The van der Waals surface area contributed by atoms with Gasteiger partial charge in [0.15, 0.2) is 0 Å². The topological polar surface area (TPSA) is 173 Å². The molecule has 0 bridgehead atoms. The quantitative estimate of drug-likeness (QED) is 0.252. The SMILES string of the molecule is CCC(=O)OC(OC(=O)CC)(OC(=O)CC)OC(=O)c1cc2c(C(O)CNC(C)(C)C)ccc(O)c2[nH]1. The number of carbonyl (C=O) groups excluding carboxylic acids is 4. The van der Waals surface area contributed by atoms with Crippen LogP contribution in [0, 0.1) is 0 Å². The number of phenolic OH excluding ortho intramolecular Hbond substituents is 1. The second kappa shape index (κ2) is 12.1. The Morgan fingerprint density at radius 3 is 1.89 bits per heavy atom. The van der Waals surface area contributed by atoms with Crippen molar-refractivity contribution in [3.8, 4) is 5.75 Å². The number of aromatic amines is 1. The van der Waals surface area contributed by atoms with Crippen molar-refractivity contribution in [3.63, 3.8) is 0 Å². The Balaban J connectivity index is 2.48. The molecule has 12 heteroatoms. The molecule has 1 aromatic heterocycles. The van der Waals surface area contributed by atoms with Crippen molar-refractivity contribution in [3.05, 3.63) is 29.5 Å². The molecule has 0 saturated carbocycles. The maximum absolute atomic E-state index is 13.1. The van der Waals surface area contributed by atoms with E-state index in [1.807, 2.05) is 20.8 Å². The lowest BCUT2D eigenvalue weighted by molar-refractivity contribution is -0.427. The van der Waals surface area contributed by atoms with E-state index in [4.69, 9.17) is 18.9 Å². The molecule has 4 N–H and O–H groups in total. The Hall–Kier alpha value is -3.64. The van der Waals surface area contributed by atoms with Crippen LogP contribution in [0.2, 0.25) is 0 Å². The normalized spacial score (nSPS) is 12.6. The number of fused-ring (bicyclic) bond motifs is 1. The summed E-state index contributed by atoms with van der Waals surface area (Å²) in [5, 5.41) is 24.5. The highest BCUT2D eigenvalue weighted by Crippen LogP contribution is 2.32. The zero-order valence-corrected chi connectivity index (χ0v) is 21.8. The molecular weight excluding hydrogens is 488 g/mol. The van der Waals surface area contributed by atoms with Gasteiger partial charge in [-0.15, -0.1) is 0 Å². The van der Waals surface area contributed by atoms with Crippen molar-refractivity contribution < 1.29 is 48.3 Å². The first kappa shape index (κ1) is 29.6. The zero-order valence-electron chi connectivity index (χ0n) is 21.8. The average Bonchev–Trinajstić information content (AvgIpc) is 3.28. The predicted molar refractivity (Wildman–Crippen MR) is 130 cm³/mol. The fourth-order valence-corrected chi connectivity index (χ4v) is 3.07. The highest BCUT2D eigenvalue weighted by molar-refractivity contribution is 5.98. The van der Waals surface area contributed by atoms with Crippen molar-refractivity contribution >= 4 is 34.8 Å². The Morgan fingerprint density at radius 1 is 0.919 bits per heavy atom. The molecule has 2 aromatic rings. The van der Waals surface area contributed by atoms with Gasteiger partial charge >= 0.3 is 30.0 Å². The van der Waals surface area contributed by atoms with Gasteiger partial charge in [-0.05, 0) is 38.5 Å². The number of H-pyrrole nitrogens is 1. The second-order valence-electron chi connectivity index (χ2n) is 9.16. The van der Waals surface area contributed by atoms with Gasteiger partial charge in [0.1, 0.15) is 11.4 Å². The van der Waals surface area contributed by atoms with E-state index in [-0.39, 0.29) is 48.3 Å². The smallest absolute Gasteiger partial charge is 0.506 e. The van der Waals surface area contributed by atoms with Gasteiger partial charge in [0.2, 0.25) is 0 Å². The van der Waals surface area contributed by atoms with E-state index in [0.29, 0.717) is 10.9 Å². The number of aromatic nitrogens is 1. The first-order chi connectivity index (χ1) is 17.2. The maximum atomic E-state index is 13.1. The summed E-state index contributed by atoms with van der Waals surface area (Å²) in [6.45, 7) is 10.3. The molecule has 1 heterocycles. The summed E-state index contributed by atoms with van der Waals surface area (Å²) >= 11 is 0. The van der Waals surface area contributed by atoms with Gasteiger partial charge in [-0.25, -0.2) is 4.79 Å². The van der Waals surface area contributed by atoms with Crippen LogP contribution in [0.3, 0.4) is 0 Å². The Kier molecular flexibility index (Phi) is 9.65. The van der Waals surface area contributed by atoms with Crippen molar-refractivity contribution in [2.24, 2.45) is 0 Å². The maximum Gasteiger partial charge on any atom is 0.620 e. The summed E-state index contributed by atoms with van der Waals surface area (Å²) in [6.07, 6.45) is -4.73. The monoisotopic (exact) mass is 522 g/mol. The lowest BCUT2D eigenvalue weighted by Gasteiger charge is -2.28. The molecule has 2 rings (SSSR count). The number of nitrogens with one attached hydrogen (secondary N) is 2. The van der Waals surface area contributed by atoms with Crippen LogP contribution in [-0.4, -0.2) is 57.3 Å². The van der Waals surface area contributed by atoms with Gasteiger partial charge in [0, 0.05) is 36.7 Å². The summed E-state index contributed by atoms with van der Waals surface area (Å²) in [5.41, 5.74) is -0.0227. The van der Waals surface area contributed by atoms with E-state index in [2.05, 4.69) is 10.3 Å². The number of carbonyl (C=O) groups is 4. The van der Waals surface area contributed by atoms with Crippen LogP contribution in [0.15, 0.2) is 18.2 Å². The van der Waals surface area contributed by atoms with Gasteiger partial charge < -0.3 is 39.5 Å². The Morgan fingerprint density at radius 2 is 1.43 bits per heavy atom. The van der Waals surface area contributed by atoms with Gasteiger partial charge in [-0.3, -0.25) is 14.4 Å². The number of esters is 4. The van der Waals surface area contributed by atoms with E-state index in [1.54, 1.807) is 0 Å². The number of hydrogen-bond acceptors (Lipinski definition) is 11. The van der Waals surface area contributed by atoms with Crippen LogP contribution < -0.4 is 5.32 Å². The number of aromatic hydroxyl groups is 1. The molecule has 0 aliphatic carbocycles. The summed E-state index contributed by atoms with van der Waals surface area (Å²) in [4.78, 5) is 51.9. The summed E-state index contributed by atoms with van der Waals surface area (Å²) in [6, 6.07) is 4.15. The molecule has 0 aliphatic rings. The average molecular weight is 523 g/mol. The predicted octanol–water partition coefficient (Wildman–Crippen LogP) is 2.92. The minimum atomic E-state index is -3.09. The van der Waals surface area contributed by atoms with E-state index in [0.717, 1.165) is 0 Å². The lowest BCUT2D eigenvalue weighted by atomic mass is 10.0. The molecule has 0 radical (unpaired) electrons. The molecule has 1 atom stereocenters. The molecule has 0 fully saturated rings. The Bertz CT molecular complexity index is 1100. The third-order valence-corrected chi connectivity index (χ3v) is 5.01.